The molecule has 0 bridgehead atoms. The number of nitrogens with one attached hydrogen (secondary N) is 1. The maximum atomic E-state index is 12.6. The van der Waals surface area contributed by atoms with E-state index < -0.39 is 0 Å². The maximum absolute atomic E-state index is 12.6. The number of aromatic nitrogens is 8. The summed E-state index contributed by atoms with van der Waals surface area (Å²) in [7, 11) is 1.68. The van der Waals surface area contributed by atoms with Crippen LogP contribution in [0.15, 0.2) is 219 Å². The molecule has 0 amide bonds. The molecule has 0 atom stereocenters. The lowest BCUT2D eigenvalue weighted by Crippen LogP contribution is -2.15. The van der Waals surface area contributed by atoms with Crippen molar-refractivity contribution < 1.29 is 49.1 Å². The van der Waals surface area contributed by atoms with Crippen LogP contribution in [0.2, 0.25) is 0 Å². The van der Waals surface area contributed by atoms with Gasteiger partial charge in [0.2, 0.25) is 5.88 Å². The number of hydrogen-bond acceptors (Lipinski definition) is 23. The van der Waals surface area contributed by atoms with Crippen LogP contribution in [-0.4, -0.2) is 143 Å². The second-order valence-electron chi connectivity index (χ2n) is 29.1. The molecule has 0 saturated heterocycles. The number of carbonyl (C=O) groups is 4. The van der Waals surface area contributed by atoms with Crippen molar-refractivity contribution in [2.45, 2.75) is 111 Å². The number of ether oxygens (including phenoxy) is 2. The molecule has 598 valence electrons. The van der Waals surface area contributed by atoms with Crippen molar-refractivity contribution in [1.82, 2.24) is 39.9 Å². The monoisotopic (exact) mass is 1570 g/mol. The molecule has 4 aliphatic heterocycles. The number of aliphatic hydroxyl groups excluding tert-OH is 4. The summed E-state index contributed by atoms with van der Waals surface area (Å²) >= 11 is 0. The number of ketones is 4. The number of rotatable bonds is 29. The third kappa shape index (κ3) is 20.8. The van der Waals surface area contributed by atoms with E-state index in [1.54, 1.807) is 26.1 Å². The Balaban J connectivity index is 0.000000136. The molecule has 16 rings (SSSR count). The summed E-state index contributed by atoms with van der Waals surface area (Å²) in [5, 5.41) is 39.4. The summed E-state index contributed by atoms with van der Waals surface area (Å²) in [4.78, 5) is 94.0. The number of carbonyl (C=O) groups excluding carboxylic acids is 4. The number of anilines is 10. The number of aryl methyl sites for hydroxylation is 3. The standard InChI is InChI=1S/C25H27N3O3.C23H24N4O2.C23H23N3O3.C23H23N3O2/c1-17-11-18(14-20(12-17)31-2)13-19-15-25(27-16-26-19)28-9-8-21-22(5-3-6-23(21)28)24(30)7-4-10-29;1-16-5-2-6-17(13-16)26-22-14-23(25-15-24-22)27-11-10-18-19(7-3-8-20(18)27)21(29)9-4-12-28;1-16-5-2-6-17(13-16)29-23-14-22(24-15-25-23)26-11-10-18-19(7-3-8-20(18)26)21(28)9-4-12-27;27-13-5-10-22(28)20-8-4-9-21-19(20)11-12-26(21)23-15-18(24-16-25-23)14-17-6-2-1-3-7-17/h3,5-6,11-12,14-16,29H,4,7-10,13H2,1-2H3;2-3,5-8,13-15,28H,4,9-12H2,1H3,(H,24,25,26);2-3,5-8,13-15,27H,4,9-12H2,1H3;1-4,6-9,15-16,27H,5,10-14H2. The van der Waals surface area contributed by atoms with Gasteiger partial charge in [-0.25, -0.2) is 39.9 Å². The largest absolute Gasteiger partial charge is 0.497 e. The molecule has 4 aromatic heterocycles. The van der Waals surface area contributed by atoms with Gasteiger partial charge in [-0.05, 0) is 183 Å². The molecule has 8 aromatic carbocycles. The molecule has 23 heteroatoms. The number of hydrogen-bond donors (Lipinski definition) is 5. The second kappa shape index (κ2) is 40.0. The van der Waals surface area contributed by atoms with Gasteiger partial charge in [-0.1, -0.05) is 109 Å². The van der Waals surface area contributed by atoms with E-state index in [0.29, 0.717) is 63.7 Å². The maximum Gasteiger partial charge on any atom is 0.224 e. The van der Waals surface area contributed by atoms with Crippen LogP contribution in [0, 0.1) is 20.8 Å². The molecule has 23 nitrogen and oxygen atoms in total. The molecule has 5 N–H and O–H groups in total. The van der Waals surface area contributed by atoms with Gasteiger partial charge in [-0.15, -0.1) is 0 Å². The summed E-state index contributed by atoms with van der Waals surface area (Å²) in [5.74, 6) is 6.35. The van der Waals surface area contributed by atoms with Gasteiger partial charge in [-0.2, -0.15) is 0 Å². The summed E-state index contributed by atoms with van der Waals surface area (Å²) in [5.41, 5.74) is 20.0. The van der Waals surface area contributed by atoms with Crippen LogP contribution in [0.3, 0.4) is 0 Å². The molecule has 0 radical (unpaired) electrons. The molecule has 117 heavy (non-hydrogen) atoms. The Bertz CT molecular complexity index is 5310. The van der Waals surface area contributed by atoms with Crippen LogP contribution in [0.5, 0.6) is 17.4 Å². The first-order valence-corrected chi connectivity index (χ1v) is 39.8. The zero-order chi connectivity index (χ0) is 81.6. The lowest BCUT2D eigenvalue weighted by atomic mass is 9.99. The van der Waals surface area contributed by atoms with Crippen LogP contribution >= 0.6 is 0 Å². The fourth-order valence-corrected chi connectivity index (χ4v) is 15.3. The number of methoxy groups -OCH3 is 1. The van der Waals surface area contributed by atoms with Gasteiger partial charge in [0.25, 0.3) is 0 Å². The molecule has 0 aliphatic carbocycles. The third-order valence-corrected chi connectivity index (χ3v) is 20.8. The highest BCUT2D eigenvalue weighted by Gasteiger charge is 2.31. The van der Waals surface area contributed by atoms with Crippen LogP contribution < -0.4 is 34.4 Å². The number of benzene rings is 8. The van der Waals surface area contributed by atoms with Crippen LogP contribution in [0.25, 0.3) is 0 Å². The van der Waals surface area contributed by atoms with Gasteiger partial charge >= 0.3 is 0 Å². The van der Waals surface area contributed by atoms with Crippen molar-refractivity contribution in [3.05, 3.63) is 303 Å². The first kappa shape index (κ1) is 82.2. The highest BCUT2D eigenvalue weighted by atomic mass is 16.5. The minimum atomic E-state index is 0.0253. The summed E-state index contributed by atoms with van der Waals surface area (Å²) < 4.78 is 11.3. The van der Waals surface area contributed by atoms with E-state index in [2.05, 4.69) is 109 Å². The number of nitrogens with zero attached hydrogens (tertiary/aromatic N) is 12. The third-order valence-electron chi connectivity index (χ3n) is 20.8. The molecular weight excluding hydrogens is 1470 g/mol. The Morgan fingerprint density at radius 1 is 0.368 bits per heavy atom. The Morgan fingerprint density at radius 3 is 1.20 bits per heavy atom. The van der Waals surface area contributed by atoms with Crippen LogP contribution in [0.4, 0.5) is 57.5 Å². The zero-order valence-electron chi connectivity index (χ0n) is 66.4. The smallest absolute Gasteiger partial charge is 0.224 e. The van der Waals surface area contributed by atoms with E-state index in [4.69, 9.17) is 29.9 Å². The fraction of sp³-hybridized carbons (Fsp3) is 0.277. The lowest BCUT2D eigenvalue weighted by molar-refractivity contribution is 0.0963. The van der Waals surface area contributed by atoms with Crippen molar-refractivity contribution in [3.63, 3.8) is 0 Å². The molecule has 0 fully saturated rings. The van der Waals surface area contributed by atoms with E-state index in [1.165, 1.54) is 17.5 Å². The predicted molar refractivity (Wildman–Crippen MR) is 455 cm³/mol. The van der Waals surface area contributed by atoms with Gasteiger partial charge in [0.1, 0.15) is 65.9 Å². The summed E-state index contributed by atoms with van der Waals surface area (Å²) in [6.07, 6.45) is 14.3. The van der Waals surface area contributed by atoms with Crippen molar-refractivity contribution in [2.75, 3.05) is 84.6 Å². The molecule has 12 aromatic rings. The van der Waals surface area contributed by atoms with Crippen LogP contribution in [-0.2, 0) is 38.5 Å². The zero-order valence-corrected chi connectivity index (χ0v) is 66.4. The highest BCUT2D eigenvalue weighted by Crippen LogP contribution is 2.42. The van der Waals surface area contributed by atoms with E-state index in [1.807, 2.05) is 171 Å². The Kier molecular flexibility index (Phi) is 28.1. The first-order chi connectivity index (χ1) is 57.1. The van der Waals surface area contributed by atoms with Gasteiger partial charge in [0, 0.05) is 166 Å². The van der Waals surface area contributed by atoms with Gasteiger partial charge in [0.05, 0.1) is 18.5 Å². The summed E-state index contributed by atoms with van der Waals surface area (Å²) in [6.45, 7) is 9.31. The molecule has 0 spiro atoms. The minimum absolute atomic E-state index is 0.0253. The van der Waals surface area contributed by atoms with Gasteiger partial charge in [0.15, 0.2) is 23.1 Å². The Morgan fingerprint density at radius 2 is 0.761 bits per heavy atom. The first-order valence-electron chi connectivity index (χ1n) is 39.8. The van der Waals surface area contributed by atoms with Crippen molar-refractivity contribution in [3.8, 4) is 17.4 Å². The highest BCUT2D eigenvalue weighted by molar-refractivity contribution is 6.02. The summed E-state index contributed by atoms with van der Waals surface area (Å²) in [6, 6.07) is 63.5. The minimum Gasteiger partial charge on any atom is -0.497 e. The van der Waals surface area contributed by atoms with Gasteiger partial charge < -0.3 is 54.8 Å². The second-order valence-corrected chi connectivity index (χ2v) is 29.1. The van der Waals surface area contributed by atoms with E-state index >= 15 is 0 Å². The quantitative estimate of drug-likeness (QED) is 0.0272. The predicted octanol–water partition coefficient (Wildman–Crippen LogP) is 16.2. The van der Waals surface area contributed by atoms with Crippen molar-refractivity contribution in [1.29, 1.82) is 0 Å². The SMILES string of the molecule is COc1cc(C)cc(Cc2cc(N3CCc4c(C(=O)CCCO)cccc43)ncn2)c1.Cc1cccc(Nc2cc(N3CCc4c(C(=O)CCCO)cccc43)ncn2)c1.Cc1cccc(Oc2cc(N3CCc4c(C(=O)CCCO)cccc43)ncn2)c1.O=C(CCCO)c1cccc2c1CCN2c1cc(Cc2ccccc2)ncn1. The molecule has 4 aliphatic rings. The fourth-order valence-electron chi connectivity index (χ4n) is 15.3. The van der Waals surface area contributed by atoms with Crippen LogP contribution in [0.1, 0.15) is 154 Å². The topological polar surface area (TPSA) is 296 Å². The van der Waals surface area contributed by atoms with E-state index in [9.17, 15) is 19.2 Å². The van der Waals surface area contributed by atoms with Gasteiger partial charge in [-0.3, -0.25) is 19.2 Å². The van der Waals surface area contributed by atoms with E-state index in [0.717, 1.165) is 200 Å². The number of fused-ring (bicyclic) bond motifs is 4. The van der Waals surface area contributed by atoms with E-state index in [-0.39, 0.29) is 49.6 Å². The van der Waals surface area contributed by atoms with Crippen molar-refractivity contribution in [2.24, 2.45) is 0 Å². The molecule has 0 saturated carbocycles. The number of Topliss-reactive ketones (excluding diaryl/α,β-unsaturated/α-hetero) is 4. The lowest BCUT2D eigenvalue weighted by Gasteiger charge is -2.19. The Hall–Kier alpha value is -12.8. The normalized spacial score (nSPS) is 12.7. The molecule has 8 heterocycles. The average molecular weight is 1570 g/mol. The number of aliphatic hydroxyl groups is 4. The average Bonchev–Trinajstić information content (AvgIpc) is 1.67. The Labute approximate surface area is 681 Å². The molecular formula is C94H97N13O10. The molecule has 0 unspecified atom stereocenters. The van der Waals surface area contributed by atoms with Crippen molar-refractivity contribution >= 4 is 80.7 Å².